The summed E-state index contributed by atoms with van der Waals surface area (Å²) in [4.78, 5) is 26.1. The summed E-state index contributed by atoms with van der Waals surface area (Å²) in [6.45, 7) is 0. The molecule has 0 saturated heterocycles. The molecule has 5 nitrogen and oxygen atoms in total. The minimum Gasteiger partial charge on any atom is -0.478 e. The summed E-state index contributed by atoms with van der Waals surface area (Å²) in [6, 6.07) is 9.92. The van der Waals surface area contributed by atoms with Gasteiger partial charge in [-0.3, -0.25) is 4.57 Å². The maximum Gasteiger partial charge on any atom is 0.337 e. The highest BCUT2D eigenvalue weighted by molar-refractivity contribution is 14.1. The van der Waals surface area contributed by atoms with Crippen LogP contribution in [0.5, 0.6) is 0 Å². The molecule has 0 saturated carbocycles. The molecule has 0 aliphatic heterocycles. The normalized spacial score (nSPS) is 11.0. The van der Waals surface area contributed by atoms with E-state index >= 15 is 0 Å². The van der Waals surface area contributed by atoms with Gasteiger partial charge in [-0.25, -0.2) is 9.59 Å². The average molecular weight is 415 g/mol. The van der Waals surface area contributed by atoms with Crippen molar-refractivity contribution in [1.29, 1.82) is 0 Å². The Kier molecular flexibility index (Phi) is 3.50. The van der Waals surface area contributed by atoms with Gasteiger partial charge in [-0.2, -0.15) is 0 Å². The van der Waals surface area contributed by atoms with Crippen LogP contribution in [0.15, 0.2) is 41.2 Å². The van der Waals surface area contributed by atoms with Crippen LogP contribution < -0.4 is 5.69 Å². The van der Waals surface area contributed by atoms with Gasteiger partial charge >= 0.3 is 11.7 Å². The Morgan fingerprint density at radius 1 is 1.29 bits per heavy atom. The predicted molar refractivity (Wildman–Crippen MR) is 88.6 cm³/mol. The van der Waals surface area contributed by atoms with Gasteiger partial charge in [-0.1, -0.05) is 17.7 Å². The van der Waals surface area contributed by atoms with Gasteiger partial charge in [0.05, 0.1) is 22.3 Å². The standard InChI is InChI=1S/C14H8ClIN2O3/c15-7-4-5-10(9(16)6-7)18-11-3-1-2-8(13(19)20)12(11)17-14(18)21/h1-6H,(H,17,21)(H,19,20). The van der Waals surface area contributed by atoms with Gasteiger partial charge in [0.15, 0.2) is 0 Å². The Morgan fingerprint density at radius 3 is 2.71 bits per heavy atom. The molecule has 0 aliphatic rings. The molecule has 21 heavy (non-hydrogen) atoms. The van der Waals surface area contributed by atoms with Crippen molar-refractivity contribution in [3.05, 3.63) is 61.0 Å². The number of nitrogens with zero attached hydrogens (tertiary/aromatic N) is 1. The lowest BCUT2D eigenvalue weighted by Crippen LogP contribution is -2.15. The summed E-state index contributed by atoms with van der Waals surface area (Å²) in [5, 5.41) is 9.77. The third-order valence-corrected chi connectivity index (χ3v) is 4.20. The molecular formula is C14H8ClIN2O3. The number of H-pyrrole nitrogens is 1. The summed E-state index contributed by atoms with van der Waals surface area (Å²) in [5.41, 5.74) is 1.14. The molecule has 3 rings (SSSR count). The van der Waals surface area contributed by atoms with Crippen molar-refractivity contribution in [1.82, 2.24) is 9.55 Å². The fourth-order valence-corrected chi connectivity index (χ4v) is 3.32. The van der Waals surface area contributed by atoms with Crippen LogP contribution in [-0.2, 0) is 0 Å². The third-order valence-electron chi connectivity index (χ3n) is 3.10. The van der Waals surface area contributed by atoms with Gasteiger partial charge < -0.3 is 10.1 Å². The lowest BCUT2D eigenvalue weighted by Gasteiger charge is -2.07. The second-order valence-corrected chi connectivity index (χ2v) is 5.96. The second-order valence-electron chi connectivity index (χ2n) is 4.37. The van der Waals surface area contributed by atoms with Crippen molar-refractivity contribution < 1.29 is 9.90 Å². The first kappa shape index (κ1) is 14.2. The second kappa shape index (κ2) is 5.19. The first-order chi connectivity index (χ1) is 9.99. The number of rotatable bonds is 2. The Morgan fingerprint density at radius 2 is 2.05 bits per heavy atom. The minimum absolute atomic E-state index is 0.0623. The SMILES string of the molecule is O=C(O)c1cccc2c1[nH]c(=O)n2-c1ccc(Cl)cc1I. The highest BCUT2D eigenvalue weighted by Crippen LogP contribution is 2.24. The van der Waals surface area contributed by atoms with E-state index in [0.29, 0.717) is 21.7 Å². The van der Waals surface area contributed by atoms with Gasteiger partial charge in [0.2, 0.25) is 0 Å². The zero-order chi connectivity index (χ0) is 15.1. The topological polar surface area (TPSA) is 75.1 Å². The van der Waals surface area contributed by atoms with Gasteiger partial charge in [0, 0.05) is 8.59 Å². The number of hydrogen-bond acceptors (Lipinski definition) is 2. The zero-order valence-electron chi connectivity index (χ0n) is 10.4. The molecule has 0 radical (unpaired) electrons. The molecule has 1 heterocycles. The van der Waals surface area contributed by atoms with Crippen molar-refractivity contribution in [2.24, 2.45) is 0 Å². The molecule has 0 aliphatic carbocycles. The smallest absolute Gasteiger partial charge is 0.337 e. The van der Waals surface area contributed by atoms with E-state index in [0.717, 1.165) is 3.57 Å². The van der Waals surface area contributed by atoms with Crippen LogP contribution in [0.1, 0.15) is 10.4 Å². The van der Waals surface area contributed by atoms with Crippen molar-refractivity contribution in [3.8, 4) is 5.69 Å². The number of halogens is 2. The molecule has 106 valence electrons. The lowest BCUT2D eigenvalue weighted by molar-refractivity contribution is 0.0699. The molecule has 7 heteroatoms. The van der Waals surface area contributed by atoms with E-state index < -0.39 is 5.97 Å². The monoisotopic (exact) mass is 414 g/mol. The fraction of sp³-hybridized carbons (Fsp3) is 0. The Hall–Kier alpha value is -1.80. The van der Waals surface area contributed by atoms with Crippen LogP contribution in [0, 0.1) is 3.57 Å². The van der Waals surface area contributed by atoms with Crippen LogP contribution in [0.4, 0.5) is 0 Å². The largest absolute Gasteiger partial charge is 0.478 e. The molecule has 0 amide bonds. The van der Waals surface area contributed by atoms with E-state index in [1.807, 2.05) is 0 Å². The van der Waals surface area contributed by atoms with Crippen molar-refractivity contribution in [2.45, 2.75) is 0 Å². The molecule has 0 atom stereocenters. The Bertz CT molecular complexity index is 930. The number of aromatic carboxylic acids is 1. The number of hydrogen-bond donors (Lipinski definition) is 2. The van der Waals surface area contributed by atoms with E-state index in [9.17, 15) is 14.7 Å². The molecular weight excluding hydrogens is 407 g/mol. The summed E-state index contributed by atoms with van der Waals surface area (Å²) in [7, 11) is 0. The maximum atomic E-state index is 12.2. The summed E-state index contributed by atoms with van der Waals surface area (Å²) < 4.78 is 2.24. The van der Waals surface area contributed by atoms with Crippen LogP contribution in [0.25, 0.3) is 16.7 Å². The van der Waals surface area contributed by atoms with Crippen LogP contribution in [-0.4, -0.2) is 20.6 Å². The number of carboxylic acids is 1. The first-order valence-corrected chi connectivity index (χ1v) is 7.37. The molecule has 3 aromatic rings. The van der Waals surface area contributed by atoms with Gasteiger partial charge in [0.25, 0.3) is 0 Å². The fourth-order valence-electron chi connectivity index (χ4n) is 2.21. The highest BCUT2D eigenvalue weighted by Gasteiger charge is 2.16. The highest BCUT2D eigenvalue weighted by atomic mass is 127. The number of imidazole rings is 1. The number of aromatic nitrogens is 2. The predicted octanol–water partition coefficient (Wildman–Crippen LogP) is 3.28. The Labute approximate surface area is 137 Å². The van der Waals surface area contributed by atoms with Crippen LogP contribution in [0.2, 0.25) is 5.02 Å². The van der Waals surface area contributed by atoms with Crippen LogP contribution >= 0.6 is 34.2 Å². The molecule has 0 bridgehead atoms. The maximum absolute atomic E-state index is 12.2. The number of carbonyl (C=O) groups is 1. The summed E-state index contributed by atoms with van der Waals surface area (Å²) in [5.74, 6) is -1.08. The van der Waals surface area contributed by atoms with Crippen molar-refractivity contribution in [3.63, 3.8) is 0 Å². The number of aromatic amines is 1. The van der Waals surface area contributed by atoms with E-state index in [2.05, 4.69) is 27.6 Å². The van der Waals surface area contributed by atoms with Gasteiger partial charge in [0.1, 0.15) is 0 Å². The van der Waals surface area contributed by atoms with Gasteiger partial charge in [-0.05, 0) is 52.9 Å². The van der Waals surface area contributed by atoms with E-state index in [1.54, 1.807) is 30.3 Å². The van der Waals surface area contributed by atoms with Crippen molar-refractivity contribution in [2.75, 3.05) is 0 Å². The summed E-state index contributed by atoms with van der Waals surface area (Å²) >= 11 is 8.01. The van der Waals surface area contributed by atoms with E-state index in [-0.39, 0.29) is 11.3 Å². The average Bonchev–Trinajstić information content (AvgIpc) is 2.74. The van der Waals surface area contributed by atoms with E-state index in [4.69, 9.17) is 11.6 Å². The number of para-hydroxylation sites is 1. The van der Waals surface area contributed by atoms with E-state index in [1.165, 1.54) is 10.6 Å². The number of carboxylic acid groups (broad SMARTS) is 1. The molecule has 2 N–H and O–H groups in total. The molecule has 0 fully saturated rings. The van der Waals surface area contributed by atoms with Crippen LogP contribution in [0.3, 0.4) is 0 Å². The molecule has 0 spiro atoms. The number of benzene rings is 2. The molecule has 2 aromatic carbocycles. The number of fused-ring (bicyclic) bond motifs is 1. The lowest BCUT2D eigenvalue weighted by atomic mass is 10.2. The van der Waals surface area contributed by atoms with Crippen molar-refractivity contribution >= 4 is 51.2 Å². The summed E-state index contributed by atoms with van der Waals surface area (Å²) in [6.07, 6.45) is 0. The number of nitrogens with one attached hydrogen (secondary N) is 1. The zero-order valence-corrected chi connectivity index (χ0v) is 13.3. The third kappa shape index (κ3) is 2.34. The first-order valence-electron chi connectivity index (χ1n) is 5.91. The quantitative estimate of drug-likeness (QED) is 0.632. The Balaban J connectivity index is 2.39. The minimum atomic E-state index is -1.08. The molecule has 0 unspecified atom stereocenters. The van der Waals surface area contributed by atoms with Gasteiger partial charge in [-0.15, -0.1) is 0 Å². The molecule has 1 aromatic heterocycles.